The van der Waals surface area contributed by atoms with E-state index in [-0.39, 0.29) is 6.10 Å². The molecule has 0 spiro atoms. The van der Waals surface area contributed by atoms with Crippen LogP contribution in [0.15, 0.2) is 24.3 Å². The Balaban J connectivity index is 2.96. The van der Waals surface area contributed by atoms with Crippen LogP contribution in [0.25, 0.3) is 0 Å². The van der Waals surface area contributed by atoms with E-state index in [0.717, 1.165) is 16.9 Å². The topological polar surface area (TPSA) is 9.23 Å². The normalized spacial score (nSPS) is 13.2. The third-order valence-electron chi connectivity index (χ3n) is 2.23. The van der Waals surface area contributed by atoms with E-state index >= 15 is 0 Å². The maximum Gasteiger partial charge on any atom is 0.146 e. The van der Waals surface area contributed by atoms with Gasteiger partial charge in [0.25, 0.3) is 0 Å². The summed E-state index contributed by atoms with van der Waals surface area (Å²) in [7, 11) is 0.808. The average molecular weight is 180 g/mol. The molecule has 0 amide bonds. The van der Waals surface area contributed by atoms with E-state index in [2.05, 4.69) is 38.1 Å². The van der Waals surface area contributed by atoms with Gasteiger partial charge in [-0.05, 0) is 24.5 Å². The molecule has 0 radical (unpaired) electrons. The van der Waals surface area contributed by atoms with Crippen molar-refractivity contribution in [2.24, 2.45) is 0 Å². The van der Waals surface area contributed by atoms with Gasteiger partial charge < -0.3 is 4.43 Å². The van der Waals surface area contributed by atoms with Crippen LogP contribution >= 0.6 is 0 Å². The quantitative estimate of drug-likeness (QED) is 0.642. The van der Waals surface area contributed by atoms with Crippen LogP contribution in [0.4, 0.5) is 0 Å². The molecule has 0 fully saturated rings. The summed E-state index contributed by atoms with van der Waals surface area (Å²) in [6, 6.07) is 8.49. The zero-order chi connectivity index (χ0) is 8.97. The fourth-order valence-corrected chi connectivity index (χ4v) is 1.63. The molecular formula is C10H16OSi. The van der Waals surface area contributed by atoms with E-state index in [0.29, 0.717) is 0 Å². The van der Waals surface area contributed by atoms with E-state index in [4.69, 9.17) is 4.43 Å². The van der Waals surface area contributed by atoms with Crippen molar-refractivity contribution >= 4 is 10.5 Å². The Morgan fingerprint density at radius 2 is 2.08 bits per heavy atom. The predicted octanol–water partition coefficient (Wildman–Crippen LogP) is 1.61. The van der Waals surface area contributed by atoms with Crippen molar-refractivity contribution in [2.45, 2.75) is 26.4 Å². The fourth-order valence-electron chi connectivity index (χ4n) is 1.38. The minimum atomic E-state index is 0.271. The van der Waals surface area contributed by atoms with Crippen molar-refractivity contribution in [2.75, 3.05) is 0 Å². The maximum atomic E-state index is 5.42. The highest BCUT2D eigenvalue weighted by molar-refractivity contribution is 5.98. The molecule has 2 heteroatoms. The number of hydrogen-bond donors (Lipinski definition) is 0. The van der Waals surface area contributed by atoms with Crippen LogP contribution in [0.2, 0.25) is 0 Å². The molecule has 0 aliphatic heterocycles. The third kappa shape index (κ3) is 1.96. The number of aryl methyl sites for hydroxylation is 1. The van der Waals surface area contributed by atoms with Crippen LogP contribution < -0.4 is 0 Å². The fraction of sp³-hybridized carbons (Fsp3) is 0.400. The Morgan fingerprint density at radius 3 is 2.67 bits per heavy atom. The lowest BCUT2D eigenvalue weighted by Gasteiger charge is -2.14. The van der Waals surface area contributed by atoms with Crippen LogP contribution in [-0.2, 0) is 10.8 Å². The van der Waals surface area contributed by atoms with Gasteiger partial charge in [-0.1, -0.05) is 31.2 Å². The third-order valence-corrected chi connectivity index (χ3v) is 2.93. The molecule has 66 valence electrons. The monoisotopic (exact) mass is 180 g/mol. The van der Waals surface area contributed by atoms with E-state index < -0.39 is 0 Å². The Hall–Kier alpha value is -0.603. The first-order chi connectivity index (χ1) is 5.79. The van der Waals surface area contributed by atoms with Gasteiger partial charge in [0.05, 0.1) is 6.10 Å². The van der Waals surface area contributed by atoms with Gasteiger partial charge >= 0.3 is 0 Å². The van der Waals surface area contributed by atoms with E-state index in [1.165, 1.54) is 11.1 Å². The van der Waals surface area contributed by atoms with Gasteiger partial charge in [0.2, 0.25) is 0 Å². The first kappa shape index (κ1) is 9.48. The SMILES string of the molecule is CCc1ccccc1C(C)O[SiH3]. The largest absolute Gasteiger partial charge is 0.421 e. The predicted molar refractivity (Wildman–Crippen MR) is 55.3 cm³/mol. The summed E-state index contributed by atoms with van der Waals surface area (Å²) in [6.07, 6.45) is 1.36. The van der Waals surface area contributed by atoms with Crippen molar-refractivity contribution in [3.05, 3.63) is 35.4 Å². The summed E-state index contributed by atoms with van der Waals surface area (Å²) >= 11 is 0. The van der Waals surface area contributed by atoms with Gasteiger partial charge in [-0.15, -0.1) is 0 Å². The van der Waals surface area contributed by atoms with Gasteiger partial charge in [-0.25, -0.2) is 0 Å². The summed E-state index contributed by atoms with van der Waals surface area (Å²) in [4.78, 5) is 0. The molecule has 1 atom stereocenters. The minimum Gasteiger partial charge on any atom is -0.421 e. The Bertz CT molecular complexity index is 247. The molecule has 0 bridgehead atoms. The van der Waals surface area contributed by atoms with Gasteiger partial charge in [-0.3, -0.25) is 0 Å². The highest BCUT2D eigenvalue weighted by atomic mass is 28.2. The maximum absolute atomic E-state index is 5.42. The Labute approximate surface area is 77.3 Å². The van der Waals surface area contributed by atoms with Crippen molar-refractivity contribution in [3.8, 4) is 0 Å². The number of hydrogen-bond acceptors (Lipinski definition) is 1. The van der Waals surface area contributed by atoms with Gasteiger partial charge in [0.15, 0.2) is 0 Å². The highest BCUT2D eigenvalue weighted by Gasteiger charge is 2.05. The first-order valence-electron chi connectivity index (χ1n) is 4.40. The molecule has 0 saturated heterocycles. The van der Waals surface area contributed by atoms with Gasteiger partial charge in [0.1, 0.15) is 10.5 Å². The molecular weight excluding hydrogens is 164 g/mol. The second-order valence-electron chi connectivity index (χ2n) is 2.93. The number of benzene rings is 1. The van der Waals surface area contributed by atoms with Crippen molar-refractivity contribution in [1.82, 2.24) is 0 Å². The molecule has 1 nitrogen and oxygen atoms in total. The summed E-state index contributed by atoms with van der Waals surface area (Å²) in [5.74, 6) is 0. The molecule has 1 aromatic carbocycles. The Kier molecular flexibility index (Phi) is 3.50. The average Bonchev–Trinajstić information content (AvgIpc) is 2.16. The molecule has 0 saturated carbocycles. The van der Waals surface area contributed by atoms with Crippen LogP contribution in [-0.4, -0.2) is 10.5 Å². The van der Waals surface area contributed by atoms with Crippen LogP contribution in [0.1, 0.15) is 31.1 Å². The molecule has 0 heterocycles. The standard InChI is InChI=1S/C10H16OSi/c1-3-9-6-4-5-7-10(9)8(2)11-12/h4-8H,3H2,1-2,12H3. The van der Waals surface area contributed by atoms with Crippen molar-refractivity contribution < 1.29 is 4.43 Å². The van der Waals surface area contributed by atoms with E-state index in [1.54, 1.807) is 0 Å². The molecule has 12 heavy (non-hydrogen) atoms. The molecule has 1 unspecified atom stereocenters. The van der Waals surface area contributed by atoms with Gasteiger partial charge in [0, 0.05) is 0 Å². The van der Waals surface area contributed by atoms with Crippen molar-refractivity contribution in [3.63, 3.8) is 0 Å². The summed E-state index contributed by atoms with van der Waals surface area (Å²) in [5, 5.41) is 0. The second kappa shape index (κ2) is 4.43. The van der Waals surface area contributed by atoms with Crippen LogP contribution in [0.3, 0.4) is 0 Å². The lowest BCUT2D eigenvalue weighted by molar-refractivity contribution is 0.249. The van der Waals surface area contributed by atoms with Crippen LogP contribution in [0, 0.1) is 0 Å². The molecule has 0 aromatic heterocycles. The zero-order valence-electron chi connectivity index (χ0n) is 8.00. The second-order valence-corrected chi connectivity index (χ2v) is 3.40. The molecule has 1 aromatic rings. The van der Waals surface area contributed by atoms with Crippen molar-refractivity contribution in [1.29, 1.82) is 0 Å². The lowest BCUT2D eigenvalue weighted by atomic mass is 10.0. The zero-order valence-corrected chi connectivity index (χ0v) is 10.0. The molecule has 0 N–H and O–H groups in total. The summed E-state index contributed by atoms with van der Waals surface area (Å²) < 4.78 is 5.42. The molecule has 0 aliphatic rings. The Morgan fingerprint density at radius 1 is 1.42 bits per heavy atom. The van der Waals surface area contributed by atoms with E-state index in [9.17, 15) is 0 Å². The highest BCUT2D eigenvalue weighted by Crippen LogP contribution is 2.19. The lowest BCUT2D eigenvalue weighted by Crippen LogP contribution is -2.00. The molecule has 0 aliphatic carbocycles. The summed E-state index contributed by atoms with van der Waals surface area (Å²) in [6.45, 7) is 4.29. The smallest absolute Gasteiger partial charge is 0.146 e. The first-order valence-corrected chi connectivity index (χ1v) is 5.21. The van der Waals surface area contributed by atoms with E-state index in [1.807, 2.05) is 0 Å². The number of rotatable bonds is 3. The van der Waals surface area contributed by atoms with Crippen LogP contribution in [0.5, 0.6) is 0 Å². The minimum absolute atomic E-state index is 0.271. The summed E-state index contributed by atoms with van der Waals surface area (Å²) in [5.41, 5.74) is 2.75. The van der Waals surface area contributed by atoms with Gasteiger partial charge in [-0.2, -0.15) is 0 Å². The molecule has 1 rings (SSSR count).